The maximum Gasteiger partial charge on any atom is 0.220 e. The number of rotatable bonds is 48. The molecule has 0 aromatic heterocycles. The summed E-state index contributed by atoms with van der Waals surface area (Å²) in [6, 6.07) is -0.929. The molecule has 446 valence electrons. The van der Waals surface area contributed by atoms with Crippen LogP contribution < -0.4 is 5.32 Å². The highest BCUT2D eigenvalue weighted by molar-refractivity contribution is 5.76. The Labute approximate surface area is 466 Å². The molecule has 0 aromatic rings. The number of unbranched alkanes of at least 4 members (excludes halogenated alkanes) is 25. The zero-order valence-corrected chi connectivity index (χ0v) is 47.9. The second kappa shape index (κ2) is 48.2. The van der Waals surface area contributed by atoms with Gasteiger partial charge in [-0.15, -0.1) is 0 Å². The summed E-state index contributed by atoms with van der Waals surface area (Å²) in [6.07, 6.45) is 47.3. The van der Waals surface area contributed by atoms with Gasteiger partial charge in [0.05, 0.1) is 32.0 Å². The second-order valence-corrected chi connectivity index (χ2v) is 21.4. The fourth-order valence-corrected chi connectivity index (χ4v) is 9.70. The van der Waals surface area contributed by atoms with Crippen molar-refractivity contribution in [2.45, 2.75) is 299 Å². The van der Waals surface area contributed by atoms with Crippen LogP contribution in [0, 0.1) is 0 Å². The Hall–Kier alpha value is -2.57. The van der Waals surface area contributed by atoms with Crippen LogP contribution >= 0.6 is 0 Å². The van der Waals surface area contributed by atoms with Crippen LogP contribution in [0.15, 0.2) is 72.9 Å². The van der Waals surface area contributed by atoms with Crippen molar-refractivity contribution >= 4 is 5.91 Å². The Morgan fingerprint density at radius 1 is 0.481 bits per heavy atom. The smallest absolute Gasteiger partial charge is 0.220 e. The molecule has 2 aliphatic rings. The summed E-state index contributed by atoms with van der Waals surface area (Å²) in [5, 5.41) is 86.7. The number of aliphatic hydroxyl groups is 8. The van der Waals surface area contributed by atoms with Crippen LogP contribution in [0.5, 0.6) is 0 Å². The van der Waals surface area contributed by atoms with E-state index in [1.165, 1.54) is 122 Å². The Kier molecular flexibility index (Phi) is 44.1. The Balaban J connectivity index is 1.56. The molecule has 2 fully saturated rings. The van der Waals surface area contributed by atoms with Crippen molar-refractivity contribution in [3.63, 3.8) is 0 Å². The molecule has 2 aliphatic heterocycles. The molecule has 12 unspecified atom stereocenters. The molecule has 14 heteroatoms. The average Bonchev–Trinajstić information content (AvgIpc) is 3.44. The van der Waals surface area contributed by atoms with Gasteiger partial charge in [0.15, 0.2) is 12.6 Å². The van der Waals surface area contributed by atoms with E-state index in [2.05, 4.69) is 79.9 Å². The lowest BCUT2D eigenvalue weighted by Crippen LogP contribution is -2.65. The first-order valence-corrected chi connectivity index (χ1v) is 30.7. The van der Waals surface area contributed by atoms with Crippen LogP contribution in [0.4, 0.5) is 0 Å². The van der Waals surface area contributed by atoms with Crippen molar-refractivity contribution in [2.75, 3.05) is 19.8 Å². The molecule has 2 rings (SSSR count). The van der Waals surface area contributed by atoms with Gasteiger partial charge in [0.25, 0.3) is 0 Å². The summed E-state index contributed by atoms with van der Waals surface area (Å²) in [5.41, 5.74) is 0. The molecule has 0 aliphatic carbocycles. The fourth-order valence-electron chi connectivity index (χ4n) is 9.70. The SMILES string of the molecule is CC/C=C\C/C=C\C/C=C\C/C=C\CCCCCCCCCCCCCCCCCCCCCCCCC(=O)NC(COC1OC(CO)C(OC2OC(CO)C(O)C(O)C2O)C(O)C1O)C(O)/C=C/CC/C=C/CCCC. The van der Waals surface area contributed by atoms with Crippen molar-refractivity contribution in [1.82, 2.24) is 5.32 Å². The molecule has 0 spiro atoms. The van der Waals surface area contributed by atoms with Gasteiger partial charge >= 0.3 is 0 Å². The standard InChI is InChI=1S/C63H111NO13/c1-3-5-7-9-11-13-14-15-16-17-18-19-20-21-22-23-24-25-26-27-28-29-30-31-32-33-34-35-36-37-38-39-41-43-45-47-55(68)64-51(52(67)46-44-42-40-12-10-8-6-4-2)50-74-62-60(73)58(71)61(54(49-66)76-62)77-63-59(72)57(70)56(69)53(48-65)75-63/h5,7,10-13,15-16,18-19,44,46,51-54,56-63,65-67,69-73H,3-4,6,8-9,14,17,20-43,45,47-50H2,1-2H3,(H,64,68)/b7-5-,12-10+,13-11-,16-15-,19-18-,46-44+. The number of allylic oxidation sites excluding steroid dienone is 11. The zero-order chi connectivity index (χ0) is 56.0. The lowest BCUT2D eigenvalue weighted by molar-refractivity contribution is -0.359. The van der Waals surface area contributed by atoms with E-state index >= 15 is 0 Å². The van der Waals surface area contributed by atoms with Crippen LogP contribution in [0.25, 0.3) is 0 Å². The number of carbonyl (C=O) groups is 1. The number of nitrogens with one attached hydrogen (secondary N) is 1. The van der Waals surface area contributed by atoms with Crippen LogP contribution in [0.2, 0.25) is 0 Å². The molecule has 14 nitrogen and oxygen atoms in total. The molecule has 77 heavy (non-hydrogen) atoms. The molecule has 0 saturated carbocycles. The highest BCUT2D eigenvalue weighted by Gasteiger charge is 2.51. The minimum atomic E-state index is -1.79. The summed E-state index contributed by atoms with van der Waals surface area (Å²) in [6.45, 7) is 2.58. The summed E-state index contributed by atoms with van der Waals surface area (Å²) < 4.78 is 22.7. The summed E-state index contributed by atoms with van der Waals surface area (Å²) in [7, 11) is 0. The van der Waals surface area contributed by atoms with Crippen molar-refractivity contribution in [2.24, 2.45) is 0 Å². The van der Waals surface area contributed by atoms with E-state index in [4.69, 9.17) is 18.9 Å². The number of hydrogen-bond donors (Lipinski definition) is 9. The maximum atomic E-state index is 13.2. The number of carbonyl (C=O) groups excluding carboxylic acids is 1. The van der Waals surface area contributed by atoms with E-state index in [0.29, 0.717) is 12.8 Å². The predicted molar refractivity (Wildman–Crippen MR) is 309 cm³/mol. The predicted octanol–water partition coefficient (Wildman–Crippen LogP) is 10.7. The lowest BCUT2D eigenvalue weighted by Gasteiger charge is -2.46. The maximum absolute atomic E-state index is 13.2. The van der Waals surface area contributed by atoms with Gasteiger partial charge in [-0.05, 0) is 64.2 Å². The molecule has 2 saturated heterocycles. The molecule has 1 amide bonds. The van der Waals surface area contributed by atoms with Crippen LogP contribution in [0.1, 0.15) is 226 Å². The highest BCUT2D eigenvalue weighted by Crippen LogP contribution is 2.30. The largest absolute Gasteiger partial charge is 0.394 e. The second-order valence-electron chi connectivity index (χ2n) is 21.4. The van der Waals surface area contributed by atoms with Crippen molar-refractivity contribution in [3.8, 4) is 0 Å². The Bertz CT molecular complexity index is 1570. The van der Waals surface area contributed by atoms with Crippen LogP contribution in [-0.2, 0) is 23.7 Å². The van der Waals surface area contributed by atoms with E-state index in [-0.39, 0.29) is 18.9 Å². The number of amides is 1. The fraction of sp³-hybridized carbons (Fsp3) is 0.794. The van der Waals surface area contributed by atoms with E-state index in [1.807, 2.05) is 6.08 Å². The minimum Gasteiger partial charge on any atom is -0.394 e. The van der Waals surface area contributed by atoms with E-state index < -0.39 is 86.8 Å². The van der Waals surface area contributed by atoms with Crippen molar-refractivity contribution in [1.29, 1.82) is 0 Å². The Morgan fingerprint density at radius 2 is 0.909 bits per heavy atom. The molecule has 0 aromatic carbocycles. The van der Waals surface area contributed by atoms with E-state index in [9.17, 15) is 45.6 Å². The molecular weight excluding hydrogens is 979 g/mol. The van der Waals surface area contributed by atoms with Crippen LogP contribution in [0.3, 0.4) is 0 Å². The van der Waals surface area contributed by atoms with Gasteiger partial charge in [-0.3, -0.25) is 4.79 Å². The first kappa shape index (κ1) is 70.5. The van der Waals surface area contributed by atoms with Crippen molar-refractivity contribution < 1.29 is 64.6 Å². The third kappa shape index (κ3) is 33.7. The summed E-state index contributed by atoms with van der Waals surface area (Å²) in [5.74, 6) is -0.252. The van der Waals surface area contributed by atoms with E-state index in [1.54, 1.807) is 6.08 Å². The summed E-state index contributed by atoms with van der Waals surface area (Å²) >= 11 is 0. The molecule has 2 heterocycles. The van der Waals surface area contributed by atoms with E-state index in [0.717, 1.165) is 70.6 Å². The highest BCUT2D eigenvalue weighted by atomic mass is 16.7. The molecular formula is C63H111NO13. The number of ether oxygens (including phenoxy) is 4. The van der Waals surface area contributed by atoms with Gasteiger partial charge < -0.3 is 65.1 Å². The zero-order valence-electron chi connectivity index (χ0n) is 47.9. The summed E-state index contributed by atoms with van der Waals surface area (Å²) in [4.78, 5) is 13.2. The molecule has 0 radical (unpaired) electrons. The first-order valence-electron chi connectivity index (χ1n) is 30.7. The number of hydrogen-bond acceptors (Lipinski definition) is 13. The van der Waals surface area contributed by atoms with Gasteiger partial charge in [-0.2, -0.15) is 0 Å². The average molecular weight is 1090 g/mol. The third-order valence-corrected chi connectivity index (χ3v) is 14.6. The molecule has 0 bridgehead atoms. The van der Waals surface area contributed by atoms with Gasteiger partial charge in [0, 0.05) is 6.42 Å². The Morgan fingerprint density at radius 3 is 1.43 bits per heavy atom. The number of aliphatic hydroxyl groups excluding tert-OH is 8. The monoisotopic (exact) mass is 1090 g/mol. The van der Waals surface area contributed by atoms with Gasteiger partial charge in [-0.25, -0.2) is 0 Å². The van der Waals surface area contributed by atoms with Crippen molar-refractivity contribution in [3.05, 3.63) is 72.9 Å². The van der Waals surface area contributed by atoms with Gasteiger partial charge in [0.1, 0.15) is 48.8 Å². The van der Waals surface area contributed by atoms with Gasteiger partial charge in [-0.1, -0.05) is 228 Å². The normalized spacial score (nSPS) is 25.2. The topological polar surface area (TPSA) is 228 Å². The first-order chi connectivity index (χ1) is 37.6. The van der Waals surface area contributed by atoms with Crippen LogP contribution in [-0.4, -0.2) is 140 Å². The third-order valence-electron chi connectivity index (χ3n) is 14.6. The quantitative estimate of drug-likeness (QED) is 0.0204. The molecule has 9 N–H and O–H groups in total. The van der Waals surface area contributed by atoms with Gasteiger partial charge in [0.2, 0.25) is 5.91 Å². The lowest BCUT2D eigenvalue weighted by atomic mass is 9.97. The minimum absolute atomic E-state index is 0.252. The molecule has 12 atom stereocenters.